The second-order valence-electron chi connectivity index (χ2n) is 12.4. The van der Waals surface area contributed by atoms with Gasteiger partial charge < -0.3 is 4.42 Å². The van der Waals surface area contributed by atoms with Gasteiger partial charge in [0.05, 0.1) is 0 Å². The third-order valence-electron chi connectivity index (χ3n) is 9.50. The summed E-state index contributed by atoms with van der Waals surface area (Å²) in [6.07, 6.45) is 0. The van der Waals surface area contributed by atoms with Gasteiger partial charge in [-0.1, -0.05) is 146 Å². The van der Waals surface area contributed by atoms with Crippen LogP contribution in [0.2, 0.25) is 0 Å². The van der Waals surface area contributed by atoms with Crippen molar-refractivity contribution in [3.05, 3.63) is 164 Å². The van der Waals surface area contributed by atoms with E-state index in [1.165, 1.54) is 32.5 Å². The van der Waals surface area contributed by atoms with Crippen LogP contribution in [0.1, 0.15) is 0 Å². The van der Waals surface area contributed by atoms with E-state index in [2.05, 4.69) is 115 Å². The van der Waals surface area contributed by atoms with Crippen molar-refractivity contribution in [2.45, 2.75) is 0 Å². The van der Waals surface area contributed by atoms with Gasteiger partial charge >= 0.3 is 0 Å². The largest absolute Gasteiger partial charge is 0.456 e. The molecule has 0 aliphatic carbocycles. The van der Waals surface area contributed by atoms with Crippen LogP contribution in [0.3, 0.4) is 0 Å². The number of benzene rings is 8. The van der Waals surface area contributed by atoms with Crippen LogP contribution in [-0.4, -0.2) is 15.0 Å². The van der Waals surface area contributed by atoms with Crippen molar-refractivity contribution in [2.24, 2.45) is 0 Å². The van der Waals surface area contributed by atoms with Crippen LogP contribution in [0, 0.1) is 0 Å². The minimum absolute atomic E-state index is 0.638. The number of aromatic nitrogens is 3. The number of furan rings is 1. The summed E-state index contributed by atoms with van der Waals surface area (Å²) in [6.45, 7) is 0. The summed E-state index contributed by atoms with van der Waals surface area (Å²) in [7, 11) is 0. The number of para-hydroxylation sites is 1. The second kappa shape index (κ2) is 11.0. The molecule has 0 atom stereocenters. The SMILES string of the molecule is c1ccc(-c2ccc(-c3nc(-c4ccccc4)nc(-c4ccc5c(ccc6ccc7ccc8oc9ccccc9c8c7c65)c4)n3)cc2)cc1. The average molecular weight is 626 g/mol. The lowest BCUT2D eigenvalue weighted by Crippen LogP contribution is -2.00. The van der Waals surface area contributed by atoms with Crippen molar-refractivity contribution in [1.29, 1.82) is 0 Å². The molecular formula is C45H27N3O. The van der Waals surface area contributed by atoms with Crippen molar-refractivity contribution in [3.8, 4) is 45.3 Å². The van der Waals surface area contributed by atoms with E-state index >= 15 is 0 Å². The van der Waals surface area contributed by atoms with E-state index in [9.17, 15) is 0 Å². The van der Waals surface area contributed by atoms with E-state index in [1.54, 1.807) is 0 Å². The van der Waals surface area contributed by atoms with Gasteiger partial charge in [-0.05, 0) is 56.3 Å². The molecule has 4 heteroatoms. The van der Waals surface area contributed by atoms with E-state index in [0.717, 1.165) is 49.6 Å². The smallest absolute Gasteiger partial charge is 0.164 e. The molecule has 10 aromatic rings. The molecule has 0 saturated heterocycles. The molecule has 0 unspecified atom stereocenters. The zero-order valence-electron chi connectivity index (χ0n) is 26.3. The van der Waals surface area contributed by atoms with Gasteiger partial charge in [-0.2, -0.15) is 0 Å². The Kier molecular flexibility index (Phi) is 6.15. The highest BCUT2D eigenvalue weighted by atomic mass is 16.3. The minimum Gasteiger partial charge on any atom is -0.456 e. The van der Waals surface area contributed by atoms with Crippen molar-refractivity contribution < 1.29 is 4.42 Å². The van der Waals surface area contributed by atoms with Crippen molar-refractivity contribution in [3.63, 3.8) is 0 Å². The quantitative estimate of drug-likeness (QED) is 0.183. The van der Waals surface area contributed by atoms with Crippen molar-refractivity contribution in [2.75, 3.05) is 0 Å². The van der Waals surface area contributed by atoms with Crippen LogP contribution in [0.5, 0.6) is 0 Å². The van der Waals surface area contributed by atoms with Gasteiger partial charge in [-0.25, -0.2) is 15.0 Å². The van der Waals surface area contributed by atoms with Gasteiger partial charge in [0, 0.05) is 32.8 Å². The molecular weight excluding hydrogens is 599 g/mol. The lowest BCUT2D eigenvalue weighted by atomic mass is 9.93. The first-order chi connectivity index (χ1) is 24.3. The molecule has 0 amide bonds. The minimum atomic E-state index is 0.638. The Bertz CT molecular complexity index is 2860. The molecule has 0 N–H and O–H groups in total. The summed E-state index contributed by atoms with van der Waals surface area (Å²) in [5, 5.41) is 9.41. The highest BCUT2D eigenvalue weighted by molar-refractivity contribution is 6.31. The summed E-state index contributed by atoms with van der Waals surface area (Å²) in [5.41, 5.74) is 6.95. The predicted molar refractivity (Wildman–Crippen MR) is 201 cm³/mol. The number of hydrogen-bond donors (Lipinski definition) is 0. The van der Waals surface area contributed by atoms with Crippen LogP contribution in [0.15, 0.2) is 168 Å². The Morgan fingerprint density at radius 2 is 0.816 bits per heavy atom. The molecule has 0 saturated carbocycles. The monoisotopic (exact) mass is 625 g/mol. The number of rotatable bonds is 4. The number of nitrogens with zero attached hydrogens (tertiary/aromatic N) is 3. The fourth-order valence-corrected chi connectivity index (χ4v) is 7.12. The standard InChI is InChI=1S/C45H27N3O/c1-3-9-28(10-4-1)29-15-20-33(21-16-29)44-46-43(32-11-5-2-6-12-32)47-45(48-44)35-23-25-36-34(27-35)22-19-30-17-18-31-24-26-39-42(41(31)40(30)36)37-13-7-8-14-38(37)49-39/h1-27H. The summed E-state index contributed by atoms with van der Waals surface area (Å²) < 4.78 is 6.30. The molecule has 0 aliphatic rings. The molecule has 2 aromatic heterocycles. The zero-order valence-corrected chi connectivity index (χ0v) is 26.3. The normalized spacial score (nSPS) is 11.7. The van der Waals surface area contributed by atoms with E-state index in [0.29, 0.717) is 17.5 Å². The Labute approximate surface area is 282 Å². The van der Waals surface area contributed by atoms with E-state index < -0.39 is 0 Å². The topological polar surface area (TPSA) is 51.8 Å². The second-order valence-corrected chi connectivity index (χ2v) is 12.4. The molecule has 228 valence electrons. The highest BCUT2D eigenvalue weighted by Gasteiger charge is 2.16. The maximum absolute atomic E-state index is 6.30. The maximum atomic E-state index is 6.30. The molecule has 49 heavy (non-hydrogen) atoms. The summed E-state index contributed by atoms with van der Waals surface area (Å²) in [5.74, 6) is 1.92. The molecule has 8 aromatic carbocycles. The van der Waals surface area contributed by atoms with E-state index in [4.69, 9.17) is 19.4 Å². The van der Waals surface area contributed by atoms with Crippen molar-refractivity contribution >= 4 is 54.3 Å². The Balaban J connectivity index is 1.16. The molecule has 2 heterocycles. The molecule has 0 radical (unpaired) electrons. The van der Waals surface area contributed by atoms with Gasteiger partial charge in [-0.15, -0.1) is 0 Å². The Morgan fingerprint density at radius 1 is 0.306 bits per heavy atom. The fraction of sp³-hybridized carbons (Fsp3) is 0. The summed E-state index contributed by atoms with van der Waals surface area (Å²) >= 11 is 0. The third kappa shape index (κ3) is 4.57. The lowest BCUT2D eigenvalue weighted by molar-refractivity contribution is 0.669. The summed E-state index contributed by atoms with van der Waals surface area (Å²) in [6, 6.07) is 56.9. The molecule has 10 rings (SSSR count). The maximum Gasteiger partial charge on any atom is 0.164 e. The molecule has 0 aliphatic heterocycles. The van der Waals surface area contributed by atoms with Crippen LogP contribution < -0.4 is 0 Å². The highest BCUT2D eigenvalue weighted by Crippen LogP contribution is 2.41. The van der Waals surface area contributed by atoms with Crippen LogP contribution in [-0.2, 0) is 0 Å². The van der Waals surface area contributed by atoms with Crippen LogP contribution >= 0.6 is 0 Å². The first kappa shape index (κ1) is 27.5. The van der Waals surface area contributed by atoms with E-state index in [1.807, 2.05) is 48.5 Å². The molecule has 0 fully saturated rings. The van der Waals surface area contributed by atoms with Crippen LogP contribution in [0.25, 0.3) is 99.5 Å². The first-order valence-electron chi connectivity index (χ1n) is 16.4. The predicted octanol–water partition coefficient (Wildman–Crippen LogP) is 11.9. The van der Waals surface area contributed by atoms with Gasteiger partial charge in [0.25, 0.3) is 0 Å². The Morgan fingerprint density at radius 3 is 1.55 bits per heavy atom. The summed E-state index contributed by atoms with van der Waals surface area (Å²) in [4.78, 5) is 15.0. The van der Waals surface area contributed by atoms with Gasteiger partial charge in [0.1, 0.15) is 11.2 Å². The molecule has 0 bridgehead atoms. The van der Waals surface area contributed by atoms with Crippen LogP contribution in [0.4, 0.5) is 0 Å². The number of fused-ring (bicyclic) bond motifs is 9. The van der Waals surface area contributed by atoms with Gasteiger partial charge in [0.15, 0.2) is 17.5 Å². The molecule has 4 nitrogen and oxygen atoms in total. The van der Waals surface area contributed by atoms with Gasteiger partial charge in [0.2, 0.25) is 0 Å². The first-order valence-corrected chi connectivity index (χ1v) is 16.4. The third-order valence-corrected chi connectivity index (χ3v) is 9.50. The molecule has 0 spiro atoms. The average Bonchev–Trinajstić information content (AvgIpc) is 3.57. The fourth-order valence-electron chi connectivity index (χ4n) is 7.12. The van der Waals surface area contributed by atoms with Crippen molar-refractivity contribution in [1.82, 2.24) is 15.0 Å². The lowest BCUT2D eigenvalue weighted by Gasteiger charge is -2.12. The Hall–Kier alpha value is -6.65. The number of hydrogen-bond acceptors (Lipinski definition) is 4. The van der Waals surface area contributed by atoms with Gasteiger partial charge in [-0.3, -0.25) is 0 Å². The zero-order chi connectivity index (χ0) is 32.3. The van der Waals surface area contributed by atoms with E-state index in [-0.39, 0.29) is 0 Å².